The van der Waals surface area contributed by atoms with E-state index in [2.05, 4.69) is 16.0 Å². The van der Waals surface area contributed by atoms with Gasteiger partial charge in [0.15, 0.2) is 36.9 Å². The summed E-state index contributed by atoms with van der Waals surface area (Å²) in [6, 6.07) is -2.57. The minimum Gasteiger partial charge on any atom is -0.463 e. The summed E-state index contributed by atoms with van der Waals surface area (Å²) in [5, 5.41) is 7.69. The molecule has 0 spiro atoms. The van der Waals surface area contributed by atoms with Gasteiger partial charge in [-0.1, -0.05) is 6.92 Å². The predicted octanol–water partition coefficient (Wildman–Crippen LogP) is -1.72. The average Bonchev–Trinajstić information content (AvgIpc) is 2.95. The van der Waals surface area contributed by atoms with Crippen LogP contribution in [0.5, 0.6) is 0 Å². The SMILES string of the molecule is CCC(=O)N[C@@H]1O[C@H](CO[C@@H]2O[C@H](COC(C)=O)[C@@H](OC(C)=O)[C@H](OC(C)=O)[C@H]2NC(C)=O)[C@@H](OC(C)=O)[C@H](OC(C)=O)[C@H]1NC(C)=O. The lowest BCUT2D eigenvalue weighted by atomic mass is 9.94. The molecule has 0 saturated carbocycles. The maximum atomic E-state index is 12.4. The maximum Gasteiger partial charge on any atom is 0.303 e. The van der Waals surface area contributed by atoms with E-state index in [1.165, 1.54) is 6.92 Å². The molecule has 0 aliphatic carbocycles. The first-order valence-electron chi connectivity index (χ1n) is 15.0. The van der Waals surface area contributed by atoms with Crippen LogP contribution in [-0.4, -0.2) is 122 Å². The van der Waals surface area contributed by atoms with E-state index in [1.54, 1.807) is 6.92 Å². The van der Waals surface area contributed by atoms with Crippen molar-refractivity contribution in [2.45, 2.75) is 123 Å². The van der Waals surface area contributed by atoms with Crippen molar-refractivity contribution in [2.75, 3.05) is 13.2 Å². The Morgan fingerprint density at radius 1 is 0.542 bits per heavy atom. The predicted molar refractivity (Wildman–Crippen MR) is 156 cm³/mol. The Balaban J connectivity index is 2.58. The van der Waals surface area contributed by atoms with E-state index < -0.39 is 122 Å². The van der Waals surface area contributed by atoms with Crippen molar-refractivity contribution in [2.24, 2.45) is 0 Å². The Morgan fingerprint density at radius 3 is 1.42 bits per heavy atom. The lowest BCUT2D eigenvalue weighted by molar-refractivity contribution is -0.292. The molecule has 19 heteroatoms. The lowest BCUT2D eigenvalue weighted by Gasteiger charge is -2.47. The summed E-state index contributed by atoms with van der Waals surface area (Å²) < 4.78 is 45.0. The molecule has 0 bridgehead atoms. The number of carbonyl (C=O) groups is 8. The van der Waals surface area contributed by atoms with E-state index >= 15 is 0 Å². The zero-order valence-corrected chi connectivity index (χ0v) is 27.9. The van der Waals surface area contributed by atoms with Crippen LogP contribution in [0.15, 0.2) is 0 Å². The number of esters is 5. The number of rotatable bonds is 13. The molecule has 2 saturated heterocycles. The molecule has 48 heavy (non-hydrogen) atoms. The minimum absolute atomic E-state index is 0.0124. The van der Waals surface area contributed by atoms with Crippen LogP contribution in [0, 0.1) is 0 Å². The van der Waals surface area contributed by atoms with Crippen LogP contribution in [0.25, 0.3) is 0 Å². The van der Waals surface area contributed by atoms with Gasteiger partial charge in [0.25, 0.3) is 0 Å². The van der Waals surface area contributed by atoms with E-state index in [-0.39, 0.29) is 6.42 Å². The summed E-state index contributed by atoms with van der Waals surface area (Å²) in [5.74, 6) is -5.70. The van der Waals surface area contributed by atoms with Crippen LogP contribution < -0.4 is 16.0 Å². The molecule has 2 rings (SSSR count). The van der Waals surface area contributed by atoms with Crippen molar-refractivity contribution in [1.29, 1.82) is 0 Å². The summed E-state index contributed by atoms with van der Waals surface area (Å²) in [7, 11) is 0. The second kappa shape index (κ2) is 18.3. The largest absolute Gasteiger partial charge is 0.463 e. The molecule has 0 radical (unpaired) electrons. The van der Waals surface area contributed by atoms with Crippen molar-refractivity contribution in [1.82, 2.24) is 16.0 Å². The highest BCUT2D eigenvalue weighted by Gasteiger charge is 2.54. The molecule has 10 atom stereocenters. The van der Waals surface area contributed by atoms with Gasteiger partial charge >= 0.3 is 29.8 Å². The molecular formula is C29H43N3O16. The Labute approximate surface area is 276 Å². The van der Waals surface area contributed by atoms with Gasteiger partial charge in [-0.15, -0.1) is 0 Å². The highest BCUT2D eigenvalue weighted by Crippen LogP contribution is 2.31. The quantitative estimate of drug-likeness (QED) is 0.144. The van der Waals surface area contributed by atoms with Crippen LogP contribution in [0.1, 0.15) is 61.8 Å². The van der Waals surface area contributed by atoms with Crippen LogP contribution in [0.4, 0.5) is 0 Å². The summed E-state index contributed by atoms with van der Waals surface area (Å²) in [5.41, 5.74) is 0. The van der Waals surface area contributed by atoms with Crippen molar-refractivity contribution < 1.29 is 76.3 Å². The number of amides is 3. The van der Waals surface area contributed by atoms with Crippen LogP contribution in [-0.2, 0) is 76.3 Å². The van der Waals surface area contributed by atoms with Gasteiger partial charge in [0.2, 0.25) is 17.7 Å². The van der Waals surface area contributed by atoms with Crippen molar-refractivity contribution in [3.05, 3.63) is 0 Å². The van der Waals surface area contributed by atoms with Gasteiger partial charge in [0, 0.05) is 54.9 Å². The summed E-state index contributed by atoms with van der Waals surface area (Å²) in [6.07, 6.45) is -11.1. The zero-order chi connectivity index (χ0) is 36.3. The van der Waals surface area contributed by atoms with Gasteiger partial charge in [-0.3, -0.25) is 38.4 Å². The Kier molecular flexibility index (Phi) is 15.1. The van der Waals surface area contributed by atoms with Gasteiger partial charge in [-0.25, -0.2) is 0 Å². The smallest absolute Gasteiger partial charge is 0.303 e. The molecule has 2 fully saturated rings. The first-order valence-corrected chi connectivity index (χ1v) is 15.0. The molecule has 0 aromatic rings. The normalized spacial score (nSPS) is 29.7. The fourth-order valence-electron chi connectivity index (χ4n) is 5.14. The van der Waals surface area contributed by atoms with E-state index in [0.29, 0.717) is 0 Å². The van der Waals surface area contributed by atoms with Gasteiger partial charge in [0.05, 0.1) is 6.61 Å². The van der Waals surface area contributed by atoms with Gasteiger partial charge in [0.1, 0.15) is 30.9 Å². The van der Waals surface area contributed by atoms with Crippen molar-refractivity contribution in [3.63, 3.8) is 0 Å². The molecule has 2 aliphatic rings. The highest BCUT2D eigenvalue weighted by atomic mass is 16.7. The molecule has 19 nitrogen and oxygen atoms in total. The number of ether oxygens (including phenoxy) is 8. The molecule has 0 aromatic carbocycles. The second-order valence-corrected chi connectivity index (χ2v) is 10.9. The van der Waals surface area contributed by atoms with Crippen LogP contribution in [0.2, 0.25) is 0 Å². The van der Waals surface area contributed by atoms with E-state index in [0.717, 1.165) is 41.5 Å². The highest BCUT2D eigenvalue weighted by molar-refractivity contribution is 5.77. The maximum absolute atomic E-state index is 12.4. The second-order valence-electron chi connectivity index (χ2n) is 10.9. The van der Waals surface area contributed by atoms with E-state index in [9.17, 15) is 38.4 Å². The molecule has 3 N–H and O–H groups in total. The van der Waals surface area contributed by atoms with Gasteiger partial charge in [-0.2, -0.15) is 0 Å². The first-order chi connectivity index (χ1) is 22.4. The molecule has 2 aliphatic heterocycles. The molecular weight excluding hydrogens is 646 g/mol. The third-order valence-corrected chi connectivity index (χ3v) is 6.79. The number of nitrogens with one attached hydrogen (secondary N) is 3. The van der Waals surface area contributed by atoms with Gasteiger partial charge < -0.3 is 53.8 Å². The third-order valence-electron chi connectivity index (χ3n) is 6.79. The zero-order valence-electron chi connectivity index (χ0n) is 27.9. The Morgan fingerprint density at radius 2 is 0.979 bits per heavy atom. The monoisotopic (exact) mass is 689 g/mol. The van der Waals surface area contributed by atoms with Crippen LogP contribution in [0.3, 0.4) is 0 Å². The van der Waals surface area contributed by atoms with Crippen molar-refractivity contribution in [3.8, 4) is 0 Å². The standard InChI is InChI=1S/C29H43N3O16/c1-9-21(40)32-28-22(30-12(2)33)26(45-17(7)38)24(43-15(5)36)19(47-28)11-42-29-23(31-13(3)34)27(46-18(8)39)25(44-16(6)37)20(48-29)10-41-14(4)35/h19-20,22-29H,9-11H2,1-8H3,(H,30,33)(H,31,34)(H,32,40)/t19-,20-,22-,23-,24-,25-,26-,27-,28-,29-/m1/s1. The fourth-order valence-corrected chi connectivity index (χ4v) is 5.14. The molecule has 3 amide bonds. The number of hydrogen-bond acceptors (Lipinski definition) is 16. The first kappa shape index (κ1) is 39.8. The number of carbonyl (C=O) groups excluding carboxylic acids is 8. The van der Waals surface area contributed by atoms with Crippen LogP contribution >= 0.6 is 0 Å². The summed E-state index contributed by atoms with van der Waals surface area (Å²) in [4.78, 5) is 97.1. The lowest BCUT2D eigenvalue weighted by Crippen LogP contribution is -2.70. The van der Waals surface area contributed by atoms with Gasteiger partial charge in [-0.05, 0) is 0 Å². The fraction of sp³-hybridized carbons (Fsp3) is 0.724. The Bertz CT molecular complexity index is 1230. The molecule has 2 heterocycles. The minimum atomic E-state index is -1.53. The van der Waals surface area contributed by atoms with E-state index in [4.69, 9.17) is 37.9 Å². The Hall–Kier alpha value is -4.36. The molecule has 0 unspecified atom stereocenters. The molecule has 0 aromatic heterocycles. The molecule has 270 valence electrons. The average molecular weight is 690 g/mol. The summed E-state index contributed by atoms with van der Waals surface area (Å²) >= 11 is 0. The van der Waals surface area contributed by atoms with Crippen molar-refractivity contribution >= 4 is 47.6 Å². The summed E-state index contributed by atoms with van der Waals surface area (Å²) in [6.45, 7) is 8.29. The topological polar surface area (TPSA) is 246 Å². The third kappa shape index (κ3) is 12.0. The number of hydrogen-bond donors (Lipinski definition) is 3. The van der Waals surface area contributed by atoms with E-state index in [1.807, 2.05) is 0 Å².